The van der Waals surface area contributed by atoms with Gasteiger partial charge in [-0.3, -0.25) is 0 Å². The number of halogens is 2. The van der Waals surface area contributed by atoms with Gasteiger partial charge >= 0.3 is 0 Å². The molecule has 0 atom stereocenters. The second kappa shape index (κ2) is 5.95. The van der Waals surface area contributed by atoms with Crippen LogP contribution in [0.2, 0.25) is 0 Å². The third-order valence-corrected chi connectivity index (χ3v) is 3.71. The van der Waals surface area contributed by atoms with E-state index < -0.39 is 11.6 Å². The van der Waals surface area contributed by atoms with Gasteiger partial charge in [0.2, 0.25) is 5.82 Å². The van der Waals surface area contributed by atoms with Crippen molar-refractivity contribution < 1.29 is 17.9 Å². The van der Waals surface area contributed by atoms with Crippen molar-refractivity contribution in [3.8, 4) is 5.75 Å². The van der Waals surface area contributed by atoms with E-state index >= 15 is 0 Å². The lowest BCUT2D eigenvalue weighted by Gasteiger charge is -2.05. The Bertz CT molecular complexity index is 821. The van der Waals surface area contributed by atoms with E-state index in [4.69, 9.17) is 9.15 Å². The molecule has 0 spiro atoms. The molecule has 22 heavy (non-hydrogen) atoms. The molecule has 1 heterocycles. The van der Waals surface area contributed by atoms with Crippen molar-refractivity contribution in [2.24, 2.45) is 0 Å². The highest BCUT2D eigenvalue weighted by Gasteiger charge is 2.19. The maximum absolute atomic E-state index is 14.5. The molecule has 0 aliphatic heterocycles. The van der Waals surface area contributed by atoms with Crippen molar-refractivity contribution >= 4 is 21.9 Å². The average molecular weight is 304 g/mol. The molecule has 2 nitrogen and oxygen atoms in total. The highest BCUT2D eigenvalue weighted by molar-refractivity contribution is 6.05. The number of rotatable bonds is 5. The van der Waals surface area contributed by atoms with Crippen LogP contribution in [0.25, 0.3) is 21.9 Å². The Morgan fingerprint density at radius 1 is 0.909 bits per heavy atom. The molecular formula is C18H18F2O2. The van der Waals surface area contributed by atoms with Crippen LogP contribution in [0.15, 0.2) is 28.7 Å². The number of furan rings is 1. The molecule has 0 aliphatic rings. The van der Waals surface area contributed by atoms with Crippen LogP contribution in [-0.2, 0) is 6.42 Å². The molecule has 0 unspecified atom stereocenters. The third kappa shape index (κ3) is 2.32. The summed E-state index contributed by atoms with van der Waals surface area (Å²) in [5.74, 6) is -0.827. The van der Waals surface area contributed by atoms with Crippen LogP contribution >= 0.6 is 0 Å². The van der Waals surface area contributed by atoms with Gasteiger partial charge < -0.3 is 9.15 Å². The monoisotopic (exact) mass is 304 g/mol. The molecule has 0 radical (unpaired) electrons. The predicted molar refractivity (Wildman–Crippen MR) is 83.4 cm³/mol. The molecule has 0 aliphatic carbocycles. The normalized spacial score (nSPS) is 11.5. The van der Waals surface area contributed by atoms with E-state index in [0.717, 1.165) is 12.8 Å². The largest absolute Gasteiger partial charge is 0.490 e. The first-order valence-corrected chi connectivity index (χ1v) is 7.62. The summed E-state index contributed by atoms with van der Waals surface area (Å²) < 4.78 is 39.8. The van der Waals surface area contributed by atoms with E-state index in [1.807, 2.05) is 13.8 Å². The molecule has 2 aromatic carbocycles. The zero-order valence-corrected chi connectivity index (χ0v) is 12.7. The van der Waals surface area contributed by atoms with Gasteiger partial charge in [0.15, 0.2) is 22.7 Å². The average Bonchev–Trinajstić information content (AvgIpc) is 2.90. The SMILES string of the molecule is CCCOc1ccc2c(oc3c(F)c(CCC)ccc32)c1F. The van der Waals surface area contributed by atoms with Crippen LogP contribution in [0, 0.1) is 11.6 Å². The van der Waals surface area contributed by atoms with Crippen LogP contribution in [0.5, 0.6) is 5.75 Å². The Morgan fingerprint density at radius 3 is 2.27 bits per heavy atom. The van der Waals surface area contributed by atoms with Gasteiger partial charge in [-0.1, -0.05) is 26.3 Å². The van der Waals surface area contributed by atoms with Gasteiger partial charge in [-0.15, -0.1) is 0 Å². The summed E-state index contributed by atoms with van der Waals surface area (Å²) in [4.78, 5) is 0. The van der Waals surface area contributed by atoms with Gasteiger partial charge in [0, 0.05) is 10.8 Å². The lowest BCUT2D eigenvalue weighted by molar-refractivity contribution is 0.301. The summed E-state index contributed by atoms with van der Waals surface area (Å²) in [7, 11) is 0. The zero-order valence-electron chi connectivity index (χ0n) is 12.7. The molecule has 3 rings (SSSR count). The van der Waals surface area contributed by atoms with Gasteiger partial charge in [0.05, 0.1) is 6.61 Å². The molecule has 0 N–H and O–H groups in total. The highest BCUT2D eigenvalue weighted by atomic mass is 19.1. The Balaban J connectivity index is 2.20. The Morgan fingerprint density at radius 2 is 1.59 bits per heavy atom. The van der Waals surface area contributed by atoms with Gasteiger partial charge in [-0.2, -0.15) is 4.39 Å². The number of aryl methyl sites for hydroxylation is 1. The molecule has 0 saturated heterocycles. The molecular weight excluding hydrogens is 286 g/mol. The van der Waals surface area contributed by atoms with Crippen molar-refractivity contribution in [1.82, 2.24) is 0 Å². The number of benzene rings is 2. The smallest absolute Gasteiger partial charge is 0.208 e. The second-order valence-electron chi connectivity index (χ2n) is 5.37. The first-order valence-electron chi connectivity index (χ1n) is 7.62. The minimum Gasteiger partial charge on any atom is -0.490 e. The topological polar surface area (TPSA) is 22.4 Å². The van der Waals surface area contributed by atoms with Crippen LogP contribution in [-0.4, -0.2) is 6.61 Å². The van der Waals surface area contributed by atoms with E-state index in [-0.39, 0.29) is 16.9 Å². The minimum absolute atomic E-state index is 0.0520. The summed E-state index contributed by atoms with van der Waals surface area (Å²) >= 11 is 0. The van der Waals surface area contributed by atoms with Crippen LogP contribution < -0.4 is 4.74 Å². The molecule has 0 bridgehead atoms. The standard InChI is InChI=1S/C18H18F2O2/c1-3-5-11-6-7-12-13-8-9-14(21-10-4-2)16(20)18(13)22-17(12)15(11)19/h6-9H,3-5,10H2,1-2H3. The number of hydrogen-bond donors (Lipinski definition) is 0. The molecule has 0 fully saturated rings. The summed E-state index contributed by atoms with van der Waals surface area (Å²) in [6, 6.07) is 6.82. The molecule has 0 amide bonds. The van der Waals surface area contributed by atoms with Crippen LogP contribution in [0.4, 0.5) is 8.78 Å². The molecule has 4 heteroatoms. The first-order chi connectivity index (χ1) is 10.7. The predicted octanol–water partition coefficient (Wildman–Crippen LogP) is 5.61. The summed E-state index contributed by atoms with van der Waals surface area (Å²) in [5.41, 5.74) is 0.764. The van der Waals surface area contributed by atoms with Crippen molar-refractivity contribution in [3.05, 3.63) is 41.5 Å². The minimum atomic E-state index is -0.571. The number of hydrogen-bond acceptors (Lipinski definition) is 2. The summed E-state index contributed by atoms with van der Waals surface area (Å²) in [5, 5.41) is 1.16. The van der Waals surface area contributed by atoms with Gasteiger partial charge in [-0.05, 0) is 36.6 Å². The van der Waals surface area contributed by atoms with Crippen molar-refractivity contribution in [2.75, 3.05) is 6.61 Å². The fourth-order valence-electron chi connectivity index (χ4n) is 2.65. The van der Waals surface area contributed by atoms with E-state index in [1.165, 1.54) is 0 Å². The van der Waals surface area contributed by atoms with E-state index in [2.05, 4.69) is 0 Å². The lowest BCUT2D eigenvalue weighted by atomic mass is 10.1. The quantitative estimate of drug-likeness (QED) is 0.611. The number of ether oxygens (including phenoxy) is 1. The Kier molecular flexibility index (Phi) is 4.01. The first kappa shape index (κ1) is 14.8. The molecule has 116 valence electrons. The van der Waals surface area contributed by atoms with Gasteiger partial charge in [0.25, 0.3) is 0 Å². The van der Waals surface area contributed by atoms with Crippen LogP contribution in [0.3, 0.4) is 0 Å². The third-order valence-electron chi connectivity index (χ3n) is 3.71. The Hall–Kier alpha value is -2.10. The highest BCUT2D eigenvalue weighted by Crippen LogP contribution is 2.36. The maximum Gasteiger partial charge on any atom is 0.208 e. The van der Waals surface area contributed by atoms with Crippen LogP contribution in [0.1, 0.15) is 32.3 Å². The van der Waals surface area contributed by atoms with Crippen molar-refractivity contribution in [2.45, 2.75) is 33.1 Å². The van der Waals surface area contributed by atoms with Gasteiger partial charge in [0.1, 0.15) is 0 Å². The second-order valence-corrected chi connectivity index (χ2v) is 5.37. The van der Waals surface area contributed by atoms with Crippen molar-refractivity contribution in [1.29, 1.82) is 0 Å². The van der Waals surface area contributed by atoms with E-state index in [9.17, 15) is 8.78 Å². The van der Waals surface area contributed by atoms with Crippen molar-refractivity contribution in [3.63, 3.8) is 0 Å². The molecule has 1 aromatic heterocycles. The number of fused-ring (bicyclic) bond motifs is 3. The van der Waals surface area contributed by atoms with E-state index in [0.29, 0.717) is 29.4 Å². The van der Waals surface area contributed by atoms with E-state index in [1.54, 1.807) is 24.3 Å². The fourth-order valence-corrected chi connectivity index (χ4v) is 2.65. The molecule has 0 saturated carbocycles. The fraction of sp³-hybridized carbons (Fsp3) is 0.333. The van der Waals surface area contributed by atoms with Gasteiger partial charge in [-0.25, -0.2) is 4.39 Å². The maximum atomic E-state index is 14.5. The summed E-state index contributed by atoms with van der Waals surface area (Å²) in [6.45, 7) is 4.36. The zero-order chi connectivity index (χ0) is 15.7. The summed E-state index contributed by atoms with van der Waals surface area (Å²) in [6.07, 6.45) is 2.25. The Labute approximate surface area is 127 Å². The lowest BCUT2D eigenvalue weighted by Crippen LogP contribution is -1.97. The molecule has 3 aromatic rings.